The van der Waals surface area contributed by atoms with E-state index in [-0.39, 0.29) is 6.03 Å². The van der Waals surface area contributed by atoms with Crippen molar-refractivity contribution in [3.8, 4) is 0 Å². The van der Waals surface area contributed by atoms with E-state index in [4.69, 9.17) is 0 Å². The summed E-state index contributed by atoms with van der Waals surface area (Å²) in [7, 11) is 0. The van der Waals surface area contributed by atoms with E-state index in [1.165, 1.54) is 0 Å². The minimum atomic E-state index is 0.110. The summed E-state index contributed by atoms with van der Waals surface area (Å²) in [6.45, 7) is 6.71. The zero-order valence-corrected chi connectivity index (χ0v) is 9.01. The monoisotopic (exact) mass is 199 g/mol. The third-order valence-corrected chi connectivity index (χ3v) is 2.45. The number of nitrogens with one attached hydrogen (secondary N) is 2. The van der Waals surface area contributed by atoms with Gasteiger partial charge in [0.05, 0.1) is 0 Å². The minimum absolute atomic E-state index is 0.110. The molecule has 0 radical (unpaired) electrons. The molecule has 0 spiro atoms. The molecule has 0 unspecified atom stereocenters. The standard InChI is InChI=1S/C10H21N3O/c1-2-11-6-5-7-12-10(14)13-8-3-4-9-13/h11H,2-9H2,1H3,(H,12,14). The zero-order chi connectivity index (χ0) is 10.2. The summed E-state index contributed by atoms with van der Waals surface area (Å²) in [4.78, 5) is 13.4. The molecule has 2 amide bonds. The number of carbonyl (C=O) groups is 1. The van der Waals surface area contributed by atoms with E-state index in [9.17, 15) is 4.79 Å². The van der Waals surface area contributed by atoms with Crippen LogP contribution in [0.5, 0.6) is 0 Å². The maximum Gasteiger partial charge on any atom is 0.317 e. The molecule has 1 aliphatic rings. The number of urea groups is 1. The molecule has 4 heteroatoms. The average molecular weight is 199 g/mol. The Morgan fingerprint density at radius 1 is 1.29 bits per heavy atom. The Morgan fingerprint density at radius 2 is 2.00 bits per heavy atom. The summed E-state index contributed by atoms with van der Waals surface area (Å²) in [6, 6.07) is 0.110. The second-order valence-electron chi connectivity index (χ2n) is 3.63. The van der Waals surface area contributed by atoms with Crippen molar-refractivity contribution in [3.05, 3.63) is 0 Å². The van der Waals surface area contributed by atoms with Crippen LogP contribution in [-0.2, 0) is 0 Å². The molecule has 0 aromatic rings. The quantitative estimate of drug-likeness (QED) is 0.643. The van der Waals surface area contributed by atoms with Crippen molar-refractivity contribution in [2.45, 2.75) is 26.2 Å². The predicted molar refractivity (Wildman–Crippen MR) is 57.4 cm³/mol. The van der Waals surface area contributed by atoms with Crippen LogP contribution in [-0.4, -0.2) is 43.7 Å². The van der Waals surface area contributed by atoms with Gasteiger partial charge < -0.3 is 15.5 Å². The van der Waals surface area contributed by atoms with Crippen molar-refractivity contribution in [2.75, 3.05) is 32.7 Å². The van der Waals surface area contributed by atoms with E-state index in [1.54, 1.807) is 0 Å². The van der Waals surface area contributed by atoms with Gasteiger partial charge in [0.15, 0.2) is 0 Å². The number of nitrogens with zero attached hydrogens (tertiary/aromatic N) is 1. The predicted octanol–water partition coefficient (Wildman–Crippen LogP) is 0.791. The normalized spacial score (nSPS) is 15.9. The molecule has 1 rings (SSSR count). The second-order valence-corrected chi connectivity index (χ2v) is 3.63. The van der Waals surface area contributed by atoms with Gasteiger partial charge in [0.25, 0.3) is 0 Å². The first-order chi connectivity index (χ1) is 6.84. The molecule has 0 saturated carbocycles. The number of likely N-dealkylation sites (tertiary alicyclic amines) is 1. The third kappa shape index (κ3) is 3.96. The SMILES string of the molecule is CCNCCCNC(=O)N1CCCC1. The van der Waals surface area contributed by atoms with Gasteiger partial charge in [-0.05, 0) is 32.4 Å². The van der Waals surface area contributed by atoms with Gasteiger partial charge in [-0.3, -0.25) is 0 Å². The van der Waals surface area contributed by atoms with E-state index in [0.717, 1.165) is 52.0 Å². The molecular formula is C10H21N3O. The maximum atomic E-state index is 11.5. The van der Waals surface area contributed by atoms with Gasteiger partial charge in [0.2, 0.25) is 0 Å². The smallest absolute Gasteiger partial charge is 0.317 e. The van der Waals surface area contributed by atoms with Crippen LogP contribution in [0, 0.1) is 0 Å². The number of rotatable bonds is 5. The van der Waals surface area contributed by atoms with Crippen LogP contribution in [0.25, 0.3) is 0 Å². The van der Waals surface area contributed by atoms with Crippen LogP contribution in [0.15, 0.2) is 0 Å². The Labute approximate surface area is 86.0 Å². The molecular weight excluding hydrogens is 178 g/mol. The highest BCUT2D eigenvalue weighted by Gasteiger charge is 2.16. The number of amides is 2. The highest BCUT2D eigenvalue weighted by Crippen LogP contribution is 2.06. The second kappa shape index (κ2) is 6.65. The minimum Gasteiger partial charge on any atom is -0.338 e. The fourth-order valence-electron chi connectivity index (χ4n) is 1.62. The molecule has 0 aromatic carbocycles. The van der Waals surface area contributed by atoms with Gasteiger partial charge in [0.1, 0.15) is 0 Å². The molecule has 2 N–H and O–H groups in total. The summed E-state index contributed by atoms with van der Waals surface area (Å²) >= 11 is 0. The fourth-order valence-corrected chi connectivity index (χ4v) is 1.62. The lowest BCUT2D eigenvalue weighted by Gasteiger charge is -2.15. The molecule has 4 nitrogen and oxygen atoms in total. The van der Waals surface area contributed by atoms with Crippen LogP contribution in [0.3, 0.4) is 0 Å². The summed E-state index contributed by atoms with van der Waals surface area (Å²) in [6.07, 6.45) is 3.32. The van der Waals surface area contributed by atoms with E-state index in [1.807, 2.05) is 4.90 Å². The Kier molecular flexibility index (Phi) is 5.37. The van der Waals surface area contributed by atoms with Gasteiger partial charge in [-0.25, -0.2) is 4.79 Å². The van der Waals surface area contributed by atoms with Crippen LogP contribution in [0.1, 0.15) is 26.2 Å². The van der Waals surface area contributed by atoms with E-state index >= 15 is 0 Å². The highest BCUT2D eigenvalue weighted by molar-refractivity contribution is 5.74. The largest absolute Gasteiger partial charge is 0.338 e. The van der Waals surface area contributed by atoms with Gasteiger partial charge >= 0.3 is 6.03 Å². The Balaban J connectivity index is 1.97. The lowest BCUT2D eigenvalue weighted by molar-refractivity contribution is 0.208. The molecule has 0 aliphatic carbocycles. The first-order valence-electron chi connectivity index (χ1n) is 5.58. The van der Waals surface area contributed by atoms with Gasteiger partial charge in [-0.15, -0.1) is 0 Å². The topological polar surface area (TPSA) is 44.4 Å². The maximum absolute atomic E-state index is 11.5. The summed E-state index contributed by atoms with van der Waals surface area (Å²) < 4.78 is 0. The van der Waals surface area contributed by atoms with Crippen LogP contribution >= 0.6 is 0 Å². The van der Waals surface area contributed by atoms with Crippen molar-refractivity contribution >= 4 is 6.03 Å². The first kappa shape index (κ1) is 11.3. The summed E-state index contributed by atoms with van der Waals surface area (Å²) in [5.41, 5.74) is 0. The van der Waals surface area contributed by atoms with Crippen molar-refractivity contribution in [1.82, 2.24) is 15.5 Å². The average Bonchev–Trinajstić information content (AvgIpc) is 2.70. The zero-order valence-electron chi connectivity index (χ0n) is 9.01. The fraction of sp³-hybridized carbons (Fsp3) is 0.900. The van der Waals surface area contributed by atoms with Crippen molar-refractivity contribution < 1.29 is 4.79 Å². The molecule has 0 bridgehead atoms. The van der Waals surface area contributed by atoms with E-state index in [0.29, 0.717) is 0 Å². The molecule has 82 valence electrons. The first-order valence-corrected chi connectivity index (χ1v) is 5.58. The molecule has 0 aromatic heterocycles. The molecule has 1 aliphatic heterocycles. The number of carbonyl (C=O) groups excluding carboxylic acids is 1. The van der Waals surface area contributed by atoms with Crippen molar-refractivity contribution in [3.63, 3.8) is 0 Å². The molecule has 0 atom stereocenters. The highest BCUT2D eigenvalue weighted by atomic mass is 16.2. The summed E-state index contributed by atoms with van der Waals surface area (Å²) in [5, 5.41) is 6.16. The molecule has 1 saturated heterocycles. The summed E-state index contributed by atoms with van der Waals surface area (Å²) in [5.74, 6) is 0. The number of hydrogen-bond donors (Lipinski definition) is 2. The van der Waals surface area contributed by atoms with Gasteiger partial charge in [0, 0.05) is 19.6 Å². The van der Waals surface area contributed by atoms with E-state index < -0.39 is 0 Å². The van der Waals surface area contributed by atoms with E-state index in [2.05, 4.69) is 17.6 Å². The molecule has 1 fully saturated rings. The van der Waals surface area contributed by atoms with Crippen LogP contribution in [0.4, 0.5) is 4.79 Å². The Bertz CT molecular complexity index is 167. The van der Waals surface area contributed by atoms with Gasteiger partial charge in [-0.2, -0.15) is 0 Å². The lowest BCUT2D eigenvalue weighted by Crippen LogP contribution is -2.38. The molecule has 1 heterocycles. The lowest BCUT2D eigenvalue weighted by atomic mass is 10.4. The Hall–Kier alpha value is -0.770. The van der Waals surface area contributed by atoms with Crippen molar-refractivity contribution in [1.29, 1.82) is 0 Å². The third-order valence-electron chi connectivity index (χ3n) is 2.45. The molecule has 14 heavy (non-hydrogen) atoms. The van der Waals surface area contributed by atoms with Gasteiger partial charge in [-0.1, -0.05) is 6.92 Å². The number of hydrogen-bond acceptors (Lipinski definition) is 2. The Morgan fingerprint density at radius 3 is 2.64 bits per heavy atom. The van der Waals surface area contributed by atoms with Crippen LogP contribution in [0.2, 0.25) is 0 Å². The van der Waals surface area contributed by atoms with Crippen LogP contribution < -0.4 is 10.6 Å². The van der Waals surface area contributed by atoms with Crippen molar-refractivity contribution in [2.24, 2.45) is 0 Å².